The highest BCUT2D eigenvalue weighted by Crippen LogP contribution is 2.34. The summed E-state index contributed by atoms with van der Waals surface area (Å²) in [6.07, 6.45) is 3.52. The van der Waals surface area contributed by atoms with Gasteiger partial charge in [0.2, 0.25) is 5.91 Å². The molecular weight excluding hydrogens is 395 g/mol. The van der Waals surface area contributed by atoms with Gasteiger partial charge in [-0.25, -0.2) is 9.37 Å². The van der Waals surface area contributed by atoms with E-state index in [0.717, 1.165) is 48.7 Å². The van der Waals surface area contributed by atoms with Gasteiger partial charge in [0, 0.05) is 50.3 Å². The van der Waals surface area contributed by atoms with Crippen LogP contribution in [0, 0.1) is 11.7 Å². The molecule has 3 aliphatic rings. The first kappa shape index (κ1) is 18.7. The van der Waals surface area contributed by atoms with Gasteiger partial charge in [0.15, 0.2) is 5.65 Å². The molecule has 0 radical (unpaired) electrons. The van der Waals surface area contributed by atoms with Crippen LogP contribution >= 0.6 is 0 Å². The number of carbonyl (C=O) groups excluding carboxylic acids is 1. The summed E-state index contributed by atoms with van der Waals surface area (Å²) in [6.45, 7) is 4.39. The molecule has 3 aliphatic heterocycles. The number of halogens is 1. The van der Waals surface area contributed by atoms with Crippen molar-refractivity contribution in [3.63, 3.8) is 0 Å². The molecule has 1 N–H and O–H groups in total. The summed E-state index contributed by atoms with van der Waals surface area (Å²) in [5, 5.41) is 7.88. The number of nitrogens with zero attached hydrogens (tertiary/aromatic N) is 5. The molecule has 1 amide bonds. The minimum Gasteiger partial charge on any atom is -0.354 e. The van der Waals surface area contributed by atoms with Crippen molar-refractivity contribution in [2.24, 2.45) is 5.92 Å². The SMILES string of the molecule is O=C(C1CN(c2c3c(nc4ccnn24)CNCC3)C1)N1CCC(c2ccccc2F)C1. The predicted molar refractivity (Wildman–Crippen MR) is 114 cm³/mol. The number of rotatable bonds is 3. The average Bonchev–Trinajstić information content (AvgIpc) is 3.42. The van der Waals surface area contributed by atoms with Gasteiger partial charge < -0.3 is 15.1 Å². The van der Waals surface area contributed by atoms with Crippen molar-refractivity contribution in [3.05, 3.63) is 59.2 Å². The maximum Gasteiger partial charge on any atom is 0.229 e. The maximum atomic E-state index is 14.2. The highest BCUT2D eigenvalue weighted by Gasteiger charge is 2.40. The maximum absolute atomic E-state index is 14.2. The van der Waals surface area contributed by atoms with Gasteiger partial charge in [0.25, 0.3) is 0 Å². The first-order valence-corrected chi connectivity index (χ1v) is 11.0. The van der Waals surface area contributed by atoms with Crippen molar-refractivity contribution in [1.82, 2.24) is 24.8 Å². The number of hydrogen-bond acceptors (Lipinski definition) is 5. The Labute approximate surface area is 179 Å². The van der Waals surface area contributed by atoms with E-state index in [1.54, 1.807) is 12.3 Å². The van der Waals surface area contributed by atoms with Gasteiger partial charge in [0.05, 0.1) is 17.8 Å². The molecule has 2 fully saturated rings. The van der Waals surface area contributed by atoms with E-state index in [2.05, 4.69) is 15.3 Å². The molecule has 6 rings (SSSR count). The summed E-state index contributed by atoms with van der Waals surface area (Å²) >= 11 is 0. The zero-order chi connectivity index (χ0) is 20.9. The third-order valence-corrected chi connectivity index (χ3v) is 6.91. The molecule has 0 aliphatic carbocycles. The molecule has 0 spiro atoms. The molecule has 31 heavy (non-hydrogen) atoms. The number of amides is 1. The van der Waals surface area contributed by atoms with Crippen LogP contribution in [0.25, 0.3) is 5.65 Å². The van der Waals surface area contributed by atoms with E-state index < -0.39 is 0 Å². The average molecular weight is 420 g/mol. The van der Waals surface area contributed by atoms with Crippen LogP contribution in [-0.2, 0) is 17.8 Å². The number of anilines is 1. The standard InChI is InChI=1S/C23H25FN6O/c24-19-4-2-1-3-17(19)15-7-10-28(12-15)23(31)16-13-29(14-16)22-18-5-8-25-11-20(18)27-21-6-9-26-30(21)22/h1-4,6,9,15-16,25H,5,7-8,10-14H2. The van der Waals surface area contributed by atoms with Crippen molar-refractivity contribution in [2.45, 2.75) is 25.3 Å². The number of fused-ring (bicyclic) bond motifs is 2. The summed E-state index contributed by atoms with van der Waals surface area (Å²) in [7, 11) is 0. The van der Waals surface area contributed by atoms with Gasteiger partial charge in [0.1, 0.15) is 11.6 Å². The van der Waals surface area contributed by atoms with Crippen LogP contribution in [-0.4, -0.2) is 58.1 Å². The largest absolute Gasteiger partial charge is 0.354 e. The van der Waals surface area contributed by atoms with Crippen LogP contribution in [0.3, 0.4) is 0 Å². The van der Waals surface area contributed by atoms with Gasteiger partial charge in [-0.1, -0.05) is 18.2 Å². The second-order valence-electron chi connectivity index (χ2n) is 8.78. The number of likely N-dealkylation sites (tertiary alicyclic amines) is 1. The topological polar surface area (TPSA) is 65.8 Å². The summed E-state index contributed by atoms with van der Waals surface area (Å²) in [5.74, 6) is 1.18. The Kier molecular flexibility index (Phi) is 4.41. The zero-order valence-corrected chi connectivity index (χ0v) is 17.3. The lowest BCUT2D eigenvalue weighted by molar-refractivity contribution is -0.135. The van der Waals surface area contributed by atoms with E-state index in [4.69, 9.17) is 4.98 Å². The number of aromatic nitrogens is 3. The van der Waals surface area contributed by atoms with Crippen LogP contribution in [0.4, 0.5) is 10.2 Å². The molecule has 7 nitrogen and oxygen atoms in total. The Balaban J connectivity index is 1.17. The zero-order valence-electron chi connectivity index (χ0n) is 17.3. The second-order valence-corrected chi connectivity index (χ2v) is 8.78. The highest BCUT2D eigenvalue weighted by molar-refractivity contribution is 5.82. The van der Waals surface area contributed by atoms with Crippen LogP contribution in [0.2, 0.25) is 0 Å². The van der Waals surface area contributed by atoms with Crippen molar-refractivity contribution in [1.29, 1.82) is 0 Å². The van der Waals surface area contributed by atoms with E-state index >= 15 is 0 Å². The van der Waals surface area contributed by atoms with Gasteiger partial charge in [-0.15, -0.1) is 0 Å². The number of hydrogen-bond donors (Lipinski definition) is 1. The number of carbonyl (C=O) groups is 1. The van der Waals surface area contributed by atoms with Crippen LogP contribution in [0.15, 0.2) is 36.5 Å². The lowest BCUT2D eigenvalue weighted by atomic mass is 9.96. The van der Waals surface area contributed by atoms with Crippen molar-refractivity contribution in [2.75, 3.05) is 37.6 Å². The highest BCUT2D eigenvalue weighted by atomic mass is 19.1. The molecule has 1 atom stereocenters. The van der Waals surface area contributed by atoms with E-state index in [0.29, 0.717) is 26.2 Å². The predicted octanol–water partition coefficient (Wildman–Crippen LogP) is 1.97. The quantitative estimate of drug-likeness (QED) is 0.702. The molecule has 160 valence electrons. The fraction of sp³-hybridized carbons (Fsp3) is 0.435. The Bertz CT molecular complexity index is 1150. The first-order chi connectivity index (χ1) is 15.2. The molecule has 5 heterocycles. The van der Waals surface area contributed by atoms with E-state index in [1.807, 2.05) is 27.6 Å². The number of benzene rings is 1. The molecule has 8 heteroatoms. The molecule has 3 aromatic rings. The summed E-state index contributed by atoms with van der Waals surface area (Å²) in [4.78, 5) is 22.1. The normalized spacial score (nSPS) is 21.4. The number of nitrogens with one attached hydrogen (secondary N) is 1. The lowest BCUT2D eigenvalue weighted by Gasteiger charge is -2.42. The third-order valence-electron chi connectivity index (χ3n) is 6.91. The Morgan fingerprint density at radius 2 is 2.03 bits per heavy atom. The van der Waals surface area contributed by atoms with E-state index in [9.17, 15) is 9.18 Å². The molecular formula is C23H25FN6O. The summed E-state index contributed by atoms with van der Waals surface area (Å²) in [6, 6.07) is 8.85. The summed E-state index contributed by atoms with van der Waals surface area (Å²) < 4.78 is 16.1. The molecule has 1 aromatic carbocycles. The molecule has 2 saturated heterocycles. The fourth-order valence-electron chi connectivity index (χ4n) is 5.24. The van der Waals surface area contributed by atoms with Crippen molar-refractivity contribution in [3.8, 4) is 0 Å². The van der Waals surface area contributed by atoms with Gasteiger partial charge in [-0.2, -0.15) is 9.61 Å². The van der Waals surface area contributed by atoms with Crippen LogP contribution < -0.4 is 10.2 Å². The molecule has 0 saturated carbocycles. The van der Waals surface area contributed by atoms with Crippen molar-refractivity contribution < 1.29 is 9.18 Å². The Hall–Kier alpha value is -3.00. The van der Waals surface area contributed by atoms with E-state index in [-0.39, 0.29) is 23.6 Å². The fourth-order valence-corrected chi connectivity index (χ4v) is 5.24. The first-order valence-electron chi connectivity index (χ1n) is 11.0. The van der Waals surface area contributed by atoms with Gasteiger partial charge >= 0.3 is 0 Å². The molecule has 0 bridgehead atoms. The Morgan fingerprint density at radius 3 is 2.90 bits per heavy atom. The van der Waals surface area contributed by atoms with E-state index in [1.165, 1.54) is 11.6 Å². The summed E-state index contributed by atoms with van der Waals surface area (Å²) in [5.41, 5.74) is 3.89. The van der Waals surface area contributed by atoms with Crippen molar-refractivity contribution >= 4 is 17.4 Å². The van der Waals surface area contributed by atoms with Crippen LogP contribution in [0.1, 0.15) is 29.2 Å². The molecule has 2 aromatic heterocycles. The van der Waals surface area contributed by atoms with Gasteiger partial charge in [-0.05, 0) is 31.0 Å². The second kappa shape index (κ2) is 7.30. The van der Waals surface area contributed by atoms with Gasteiger partial charge in [-0.3, -0.25) is 4.79 Å². The third kappa shape index (κ3) is 3.08. The molecule has 1 unspecified atom stereocenters. The minimum absolute atomic E-state index is 0.0180. The Morgan fingerprint density at radius 1 is 1.16 bits per heavy atom. The lowest BCUT2D eigenvalue weighted by Crippen LogP contribution is -2.55. The minimum atomic E-state index is -0.170. The van der Waals surface area contributed by atoms with Crippen LogP contribution in [0.5, 0.6) is 0 Å². The smallest absolute Gasteiger partial charge is 0.229 e. The monoisotopic (exact) mass is 420 g/mol.